The monoisotopic (exact) mass is 251 g/mol. The zero-order valence-corrected chi connectivity index (χ0v) is 11.0. The number of benzene rings is 2. The number of anilines is 1. The Morgan fingerprint density at radius 2 is 1.68 bits per heavy atom. The van der Waals surface area contributed by atoms with E-state index in [0.29, 0.717) is 5.92 Å². The Morgan fingerprint density at radius 3 is 2.37 bits per heavy atom. The normalized spacial score (nSPS) is 20.9. The summed E-state index contributed by atoms with van der Waals surface area (Å²) in [5.41, 5.74) is 3.10. The number of rotatable bonds is 3. The van der Waals surface area contributed by atoms with Gasteiger partial charge in [-0.25, -0.2) is 0 Å². The van der Waals surface area contributed by atoms with Gasteiger partial charge in [0.05, 0.1) is 0 Å². The highest BCUT2D eigenvalue weighted by Gasteiger charge is 2.39. The first-order valence-electron chi connectivity index (χ1n) is 6.71. The van der Waals surface area contributed by atoms with E-state index in [1.54, 1.807) is 0 Å². The molecule has 1 aliphatic carbocycles. The van der Waals surface area contributed by atoms with Crippen LogP contribution < -0.4 is 5.32 Å². The standard InChI is InChI=1S/C17H17NO/c1-12-11-15(12)17(19)18-16-10-6-5-9-14(16)13-7-3-2-4-8-13/h2-10,12,15H,11H2,1H3,(H,18,19). The molecule has 0 spiro atoms. The zero-order valence-electron chi connectivity index (χ0n) is 11.0. The van der Waals surface area contributed by atoms with Gasteiger partial charge in [-0.2, -0.15) is 0 Å². The average molecular weight is 251 g/mol. The van der Waals surface area contributed by atoms with E-state index in [0.717, 1.165) is 23.2 Å². The van der Waals surface area contributed by atoms with Crippen LogP contribution in [0.2, 0.25) is 0 Å². The van der Waals surface area contributed by atoms with E-state index < -0.39 is 0 Å². The van der Waals surface area contributed by atoms with Crippen molar-refractivity contribution in [1.29, 1.82) is 0 Å². The minimum Gasteiger partial charge on any atom is -0.325 e. The van der Waals surface area contributed by atoms with Crippen molar-refractivity contribution in [1.82, 2.24) is 0 Å². The third kappa shape index (κ3) is 2.53. The van der Waals surface area contributed by atoms with Gasteiger partial charge < -0.3 is 5.32 Å². The highest BCUT2D eigenvalue weighted by atomic mass is 16.2. The molecule has 0 aromatic heterocycles. The maximum Gasteiger partial charge on any atom is 0.227 e. The summed E-state index contributed by atoms with van der Waals surface area (Å²) in [7, 11) is 0. The lowest BCUT2D eigenvalue weighted by Crippen LogP contribution is -2.15. The topological polar surface area (TPSA) is 29.1 Å². The van der Waals surface area contributed by atoms with Gasteiger partial charge in [-0.3, -0.25) is 4.79 Å². The fourth-order valence-electron chi connectivity index (χ4n) is 2.37. The van der Waals surface area contributed by atoms with Crippen LogP contribution in [0.4, 0.5) is 5.69 Å². The predicted octanol–water partition coefficient (Wildman–Crippen LogP) is 3.95. The van der Waals surface area contributed by atoms with Crippen molar-refractivity contribution in [2.45, 2.75) is 13.3 Å². The van der Waals surface area contributed by atoms with Crippen molar-refractivity contribution in [2.24, 2.45) is 11.8 Å². The van der Waals surface area contributed by atoms with Gasteiger partial charge in [-0.15, -0.1) is 0 Å². The van der Waals surface area contributed by atoms with E-state index in [1.165, 1.54) is 0 Å². The quantitative estimate of drug-likeness (QED) is 0.879. The molecule has 2 atom stereocenters. The maximum atomic E-state index is 12.1. The highest BCUT2D eigenvalue weighted by molar-refractivity contribution is 5.98. The molecule has 96 valence electrons. The molecule has 0 bridgehead atoms. The van der Waals surface area contributed by atoms with E-state index in [1.807, 2.05) is 42.5 Å². The minimum absolute atomic E-state index is 0.149. The van der Waals surface area contributed by atoms with Crippen molar-refractivity contribution in [3.63, 3.8) is 0 Å². The fourth-order valence-corrected chi connectivity index (χ4v) is 2.37. The van der Waals surface area contributed by atoms with Crippen molar-refractivity contribution >= 4 is 11.6 Å². The molecule has 1 amide bonds. The SMILES string of the molecule is CC1CC1C(=O)Nc1ccccc1-c1ccccc1. The molecule has 2 unspecified atom stereocenters. The molecule has 1 N–H and O–H groups in total. The Kier molecular flexibility index (Phi) is 3.08. The highest BCUT2D eigenvalue weighted by Crippen LogP contribution is 2.39. The van der Waals surface area contributed by atoms with Crippen LogP contribution in [0.15, 0.2) is 54.6 Å². The average Bonchev–Trinajstić information content (AvgIpc) is 3.18. The Morgan fingerprint density at radius 1 is 1.05 bits per heavy atom. The first-order valence-corrected chi connectivity index (χ1v) is 6.71. The number of nitrogens with one attached hydrogen (secondary N) is 1. The van der Waals surface area contributed by atoms with E-state index in [4.69, 9.17) is 0 Å². The van der Waals surface area contributed by atoms with Gasteiger partial charge >= 0.3 is 0 Å². The molecule has 1 saturated carbocycles. The van der Waals surface area contributed by atoms with Crippen molar-refractivity contribution < 1.29 is 4.79 Å². The lowest BCUT2D eigenvalue weighted by Gasteiger charge is -2.11. The van der Waals surface area contributed by atoms with Crippen LogP contribution >= 0.6 is 0 Å². The summed E-state index contributed by atoms with van der Waals surface area (Å²) < 4.78 is 0. The molecular formula is C17H17NO. The van der Waals surface area contributed by atoms with Crippen LogP contribution in [0, 0.1) is 11.8 Å². The van der Waals surface area contributed by atoms with Crippen LogP contribution in [0.25, 0.3) is 11.1 Å². The molecule has 1 aliphatic rings. The Bertz CT molecular complexity index is 591. The van der Waals surface area contributed by atoms with E-state index in [2.05, 4.69) is 24.4 Å². The first-order chi connectivity index (χ1) is 9.25. The second-order valence-electron chi connectivity index (χ2n) is 5.22. The fraction of sp³-hybridized carbons (Fsp3) is 0.235. The zero-order chi connectivity index (χ0) is 13.2. The molecule has 2 heteroatoms. The number of para-hydroxylation sites is 1. The van der Waals surface area contributed by atoms with Crippen LogP contribution in [0.3, 0.4) is 0 Å². The summed E-state index contributed by atoms with van der Waals surface area (Å²) in [6.45, 7) is 2.12. The largest absolute Gasteiger partial charge is 0.325 e. The summed E-state index contributed by atoms with van der Waals surface area (Å²) in [5.74, 6) is 0.878. The van der Waals surface area contributed by atoms with Crippen LogP contribution in [0.5, 0.6) is 0 Å². The molecule has 0 aliphatic heterocycles. The van der Waals surface area contributed by atoms with Gasteiger partial charge in [0.25, 0.3) is 0 Å². The number of hydrogen-bond donors (Lipinski definition) is 1. The molecule has 1 fully saturated rings. The molecule has 19 heavy (non-hydrogen) atoms. The molecular weight excluding hydrogens is 234 g/mol. The Balaban J connectivity index is 1.88. The van der Waals surface area contributed by atoms with Gasteiger partial charge in [-0.05, 0) is 24.0 Å². The third-order valence-corrected chi connectivity index (χ3v) is 3.72. The second-order valence-corrected chi connectivity index (χ2v) is 5.22. The van der Waals surface area contributed by atoms with Crippen LogP contribution in [-0.2, 0) is 4.79 Å². The van der Waals surface area contributed by atoms with Gasteiger partial charge in [0.1, 0.15) is 0 Å². The Labute approximate surface area is 113 Å². The number of amides is 1. The van der Waals surface area contributed by atoms with Gasteiger partial charge in [0.2, 0.25) is 5.91 Å². The Hall–Kier alpha value is -2.09. The summed E-state index contributed by atoms with van der Waals surface area (Å²) in [5, 5.41) is 3.06. The smallest absolute Gasteiger partial charge is 0.227 e. The van der Waals surface area contributed by atoms with Crippen molar-refractivity contribution in [3.8, 4) is 11.1 Å². The van der Waals surface area contributed by atoms with Crippen molar-refractivity contribution in [2.75, 3.05) is 5.32 Å². The summed E-state index contributed by atoms with van der Waals surface area (Å²) >= 11 is 0. The van der Waals surface area contributed by atoms with E-state index >= 15 is 0 Å². The van der Waals surface area contributed by atoms with E-state index in [-0.39, 0.29) is 11.8 Å². The predicted molar refractivity (Wildman–Crippen MR) is 77.8 cm³/mol. The lowest BCUT2D eigenvalue weighted by atomic mass is 10.0. The number of carbonyl (C=O) groups is 1. The second kappa shape index (κ2) is 4.88. The van der Waals surface area contributed by atoms with Gasteiger partial charge in [-0.1, -0.05) is 55.5 Å². The number of carbonyl (C=O) groups excluding carboxylic acids is 1. The molecule has 0 heterocycles. The van der Waals surface area contributed by atoms with Gasteiger partial charge in [0.15, 0.2) is 0 Å². The third-order valence-electron chi connectivity index (χ3n) is 3.72. The van der Waals surface area contributed by atoms with E-state index in [9.17, 15) is 4.79 Å². The summed E-state index contributed by atoms with van der Waals surface area (Å²) in [6.07, 6.45) is 1.01. The number of hydrogen-bond acceptors (Lipinski definition) is 1. The maximum absolute atomic E-state index is 12.1. The molecule has 2 aromatic rings. The molecule has 0 radical (unpaired) electrons. The first kappa shape index (κ1) is 12.0. The molecule has 0 saturated heterocycles. The molecule has 2 aromatic carbocycles. The molecule has 3 rings (SSSR count). The van der Waals surface area contributed by atoms with Crippen LogP contribution in [0.1, 0.15) is 13.3 Å². The van der Waals surface area contributed by atoms with Crippen LogP contribution in [-0.4, -0.2) is 5.91 Å². The van der Waals surface area contributed by atoms with Crippen molar-refractivity contribution in [3.05, 3.63) is 54.6 Å². The summed E-state index contributed by atoms with van der Waals surface area (Å²) in [4.78, 5) is 12.1. The molecule has 2 nitrogen and oxygen atoms in total. The minimum atomic E-state index is 0.149. The van der Waals surface area contributed by atoms with Gasteiger partial charge in [0, 0.05) is 17.2 Å². The lowest BCUT2D eigenvalue weighted by molar-refractivity contribution is -0.117. The summed E-state index contributed by atoms with van der Waals surface area (Å²) in [6, 6.07) is 18.1.